The molecule has 29 nitrogen and oxygen atoms in total. The zero-order chi connectivity index (χ0) is 72.0. The van der Waals surface area contributed by atoms with Crippen molar-refractivity contribution in [2.24, 2.45) is 59.2 Å². The van der Waals surface area contributed by atoms with E-state index in [-0.39, 0.29) is 56.5 Å². The molecule has 29 heteroatoms. The first-order valence-corrected chi connectivity index (χ1v) is 34.2. The van der Waals surface area contributed by atoms with Gasteiger partial charge in [0.05, 0.1) is 36.6 Å². The second-order valence-corrected chi connectivity index (χ2v) is 28.0. The highest BCUT2D eigenvalue weighted by Gasteiger charge is 2.66. The van der Waals surface area contributed by atoms with Crippen LogP contribution in [0.25, 0.3) is 0 Å². The Morgan fingerprint density at radius 2 is 0.897 bits per heavy atom. The van der Waals surface area contributed by atoms with E-state index in [1.807, 2.05) is 55.4 Å². The fourth-order valence-corrected chi connectivity index (χ4v) is 14.5. The molecule has 97 heavy (non-hydrogen) atoms. The maximum atomic E-state index is 15.4. The Kier molecular flexibility index (Phi) is 27.7. The number of carbonyl (C=O) groups is 9. The highest BCUT2D eigenvalue weighted by Crippen LogP contribution is 2.49. The fourth-order valence-electron chi connectivity index (χ4n) is 14.5. The fraction of sp³-hybridized carbons (Fsp3) is 0.868. The van der Waals surface area contributed by atoms with Gasteiger partial charge in [0, 0.05) is 79.6 Å². The number of hydrogen-bond donors (Lipinski definition) is 0. The van der Waals surface area contributed by atoms with Crippen LogP contribution in [0.5, 0.6) is 0 Å². The third-order valence-electron chi connectivity index (χ3n) is 20.4. The van der Waals surface area contributed by atoms with E-state index < -0.39 is 230 Å². The molecule has 7 fully saturated rings. The molecule has 0 bridgehead atoms. The first-order chi connectivity index (χ1) is 45.5. The van der Waals surface area contributed by atoms with Crippen LogP contribution in [0, 0.1) is 59.2 Å². The lowest BCUT2D eigenvalue weighted by molar-refractivity contribution is -0.420. The molecule has 7 aliphatic rings. The van der Waals surface area contributed by atoms with Crippen molar-refractivity contribution < 1.29 is 138 Å². The Hall–Kier alpha value is -5.21. The minimum atomic E-state index is -2.33. The molecule has 0 amide bonds. The molecule has 0 aliphatic carbocycles. The third kappa shape index (κ3) is 19.1. The van der Waals surface area contributed by atoms with Crippen molar-refractivity contribution in [2.45, 2.75) is 293 Å². The van der Waals surface area contributed by atoms with Crippen LogP contribution in [0.1, 0.15) is 158 Å². The van der Waals surface area contributed by atoms with Gasteiger partial charge in [0.1, 0.15) is 75.3 Å². The molecule has 31 atom stereocenters. The lowest BCUT2D eigenvalue weighted by Crippen LogP contribution is -2.72. The number of hydrogen-bond acceptors (Lipinski definition) is 29. The summed E-state index contributed by atoms with van der Waals surface area (Å²) in [6, 6.07) is 0. The van der Waals surface area contributed by atoms with Crippen molar-refractivity contribution in [3.8, 4) is 0 Å². The van der Waals surface area contributed by atoms with Crippen LogP contribution in [0.4, 0.5) is 0 Å². The molecule has 0 saturated carbocycles. The van der Waals surface area contributed by atoms with Crippen molar-refractivity contribution in [1.29, 1.82) is 0 Å². The second-order valence-electron chi connectivity index (χ2n) is 28.0. The molecule has 13 unspecified atom stereocenters. The average molecular weight is 1390 g/mol. The van der Waals surface area contributed by atoms with E-state index in [9.17, 15) is 38.4 Å². The van der Waals surface area contributed by atoms with Crippen LogP contribution in [-0.2, 0) is 138 Å². The van der Waals surface area contributed by atoms with Crippen LogP contribution in [-0.4, -0.2) is 215 Å². The maximum absolute atomic E-state index is 15.4. The van der Waals surface area contributed by atoms with Gasteiger partial charge < -0.3 is 94.7 Å². The van der Waals surface area contributed by atoms with E-state index in [4.69, 9.17) is 94.7 Å². The zero-order valence-corrected chi connectivity index (χ0v) is 60.0. The topological polar surface area (TPSA) is 338 Å². The SMILES string of the molecule is CC[C@@H](OC(C)=O)[C@@H](OC(C)=O)[C@@H]1O[C@@]2(CC(C)C1C)O[C@@H]1C(OC2=O)[C@H](O[C@@H]2C(COC(C)=O)O[C@@H](C(C)C)C(C)[C@H]2C)OC(COC(C)=O)[C@@H]1O[C@@H]1OC(COC(C)=O)[C@H](C)[C@H](O[C@@H]2OC(COC(C)=O)[C@H](C)[C@H](C)C2O[C@@H]2OC(C)C(C)[C@H](OC(C)=O)C2OC(C)=O)C1C. The monoisotopic (exact) mass is 1390 g/mol. The van der Waals surface area contributed by atoms with Crippen LogP contribution in [0.3, 0.4) is 0 Å². The minimum Gasteiger partial charge on any atom is -0.463 e. The summed E-state index contributed by atoms with van der Waals surface area (Å²) < 4.78 is 129. The van der Waals surface area contributed by atoms with Gasteiger partial charge in [0.15, 0.2) is 43.5 Å². The van der Waals surface area contributed by atoms with E-state index in [2.05, 4.69) is 0 Å². The quantitative estimate of drug-likeness (QED) is 0.0816. The Morgan fingerprint density at radius 1 is 0.423 bits per heavy atom. The molecule has 1 spiro atoms. The molecule has 7 heterocycles. The number of carbonyl (C=O) groups excluding carboxylic acids is 9. The van der Waals surface area contributed by atoms with E-state index in [1.54, 1.807) is 34.6 Å². The first-order valence-electron chi connectivity index (χ1n) is 34.2. The van der Waals surface area contributed by atoms with Crippen molar-refractivity contribution >= 4 is 53.7 Å². The largest absolute Gasteiger partial charge is 0.463 e. The third-order valence-corrected chi connectivity index (χ3v) is 20.4. The number of ether oxygens (including phenoxy) is 20. The van der Waals surface area contributed by atoms with Crippen LogP contribution in [0.2, 0.25) is 0 Å². The van der Waals surface area contributed by atoms with E-state index in [0.717, 1.165) is 0 Å². The lowest BCUT2D eigenvalue weighted by atomic mass is 9.77. The Bertz CT molecular complexity index is 2730. The zero-order valence-electron chi connectivity index (χ0n) is 60.0. The molecule has 552 valence electrons. The summed E-state index contributed by atoms with van der Waals surface area (Å²) in [4.78, 5) is 117. The predicted molar refractivity (Wildman–Crippen MR) is 332 cm³/mol. The number of rotatable bonds is 24. The Labute approximate surface area is 568 Å². The van der Waals surface area contributed by atoms with Gasteiger partial charge in [0.25, 0.3) is 5.79 Å². The first kappa shape index (κ1) is 79.1. The van der Waals surface area contributed by atoms with E-state index in [0.29, 0.717) is 0 Å². The summed E-state index contributed by atoms with van der Waals surface area (Å²) in [6.45, 7) is 32.8. The van der Waals surface area contributed by atoms with Crippen molar-refractivity contribution in [3.05, 3.63) is 0 Å². The molecular weight excluding hydrogens is 1280 g/mol. The normalized spacial score (nSPS) is 41.2. The summed E-state index contributed by atoms with van der Waals surface area (Å²) in [6.07, 6.45) is -24.1. The van der Waals surface area contributed by atoms with E-state index >= 15 is 4.79 Å². The highest BCUT2D eigenvalue weighted by atomic mass is 16.8. The summed E-state index contributed by atoms with van der Waals surface area (Å²) >= 11 is 0. The predicted octanol–water partition coefficient (Wildman–Crippen LogP) is 5.78. The molecule has 7 rings (SSSR count). The second kappa shape index (κ2) is 34.0. The summed E-state index contributed by atoms with van der Waals surface area (Å²) in [5.41, 5.74) is 0. The summed E-state index contributed by atoms with van der Waals surface area (Å²) in [7, 11) is 0. The molecule has 7 aliphatic heterocycles. The Balaban J connectivity index is 1.35. The van der Waals surface area contributed by atoms with Crippen molar-refractivity contribution in [1.82, 2.24) is 0 Å². The van der Waals surface area contributed by atoms with Crippen molar-refractivity contribution in [3.63, 3.8) is 0 Å². The molecule has 0 aromatic heterocycles. The van der Waals surface area contributed by atoms with Gasteiger partial charge in [-0.15, -0.1) is 0 Å². The van der Waals surface area contributed by atoms with Gasteiger partial charge in [-0.1, -0.05) is 83.1 Å². The molecular formula is C68H106O29. The molecule has 0 aromatic rings. The van der Waals surface area contributed by atoms with Crippen molar-refractivity contribution in [2.75, 3.05) is 26.4 Å². The summed E-state index contributed by atoms with van der Waals surface area (Å²) in [5.74, 6) is -12.9. The van der Waals surface area contributed by atoms with Gasteiger partial charge >= 0.3 is 53.7 Å². The van der Waals surface area contributed by atoms with Crippen LogP contribution < -0.4 is 0 Å². The average Bonchev–Trinajstić information content (AvgIpc) is 0.726. The number of fused-ring (bicyclic) bond motifs is 1. The molecule has 7 saturated heterocycles. The van der Waals surface area contributed by atoms with Gasteiger partial charge in [-0.25, -0.2) is 4.79 Å². The van der Waals surface area contributed by atoms with E-state index in [1.165, 1.54) is 55.4 Å². The lowest BCUT2D eigenvalue weighted by Gasteiger charge is -2.56. The van der Waals surface area contributed by atoms with Gasteiger partial charge in [-0.2, -0.15) is 0 Å². The molecule has 0 radical (unpaired) electrons. The standard InChI is InChI=1S/C68H106O29/c1-22-47(83-43(18)73)58(85-45(20)75)56-30(5)29(4)23-68(96-56)67(77)95-62-60(97-68)59(51(27-81-42(17)72)90-66(62)92-54-34(9)33(8)52(28(2)3)87-50(54)26-80-41(16)71)94-63-37(12)53(36(11)49(88-63)25-79-40(15)70)91-64-57(32(7)31(6)48(89-64)24-78-39(14)69)93-65-61(86-46(21)76)55(84-44(19)74)35(10)38(13)82-65/h28-38,47-66H,22-27H2,1-21H3/t29?,30?,31-,32+,33?,34-,35?,36+,37?,38?,47-,48?,49?,50?,51?,52+,53+,54+,55+,56-,57?,58-,59+,60+,61?,62?,63+,64+,65+,66+,68+/m1/s1. The Morgan fingerprint density at radius 3 is 1.43 bits per heavy atom. The maximum Gasteiger partial charge on any atom is 0.367 e. The smallest absolute Gasteiger partial charge is 0.367 e. The van der Waals surface area contributed by atoms with Gasteiger partial charge in [0.2, 0.25) is 0 Å². The molecule has 0 aromatic carbocycles. The number of esters is 9. The minimum absolute atomic E-state index is 0.0241. The van der Waals surface area contributed by atoms with Crippen LogP contribution in [0.15, 0.2) is 0 Å². The highest BCUT2D eigenvalue weighted by molar-refractivity contribution is 5.79. The van der Waals surface area contributed by atoms with Crippen LogP contribution >= 0.6 is 0 Å². The summed E-state index contributed by atoms with van der Waals surface area (Å²) in [5, 5.41) is 0. The van der Waals surface area contributed by atoms with Gasteiger partial charge in [-0.05, 0) is 54.8 Å². The van der Waals surface area contributed by atoms with Gasteiger partial charge in [-0.3, -0.25) is 38.4 Å². The molecule has 0 N–H and O–H groups in total.